The van der Waals surface area contributed by atoms with E-state index in [1.807, 2.05) is 20.8 Å². The number of piperazine rings is 1. The van der Waals surface area contributed by atoms with Gasteiger partial charge in [0.2, 0.25) is 5.89 Å². The topological polar surface area (TPSA) is 96.1 Å². The maximum Gasteiger partial charge on any atom is 0.410 e. The maximum atomic E-state index is 12.9. The lowest BCUT2D eigenvalue weighted by atomic mass is 10.1. The van der Waals surface area contributed by atoms with Crippen LogP contribution in [0.4, 0.5) is 4.79 Å². The molecule has 1 saturated heterocycles. The molecule has 0 atom stereocenters. The Kier molecular flexibility index (Phi) is 5.31. The zero-order chi connectivity index (χ0) is 22.2. The van der Waals surface area contributed by atoms with E-state index in [9.17, 15) is 14.7 Å². The van der Waals surface area contributed by atoms with E-state index < -0.39 is 5.60 Å². The Balaban J connectivity index is 1.40. The third-order valence-electron chi connectivity index (χ3n) is 4.97. The summed E-state index contributed by atoms with van der Waals surface area (Å²) in [5.74, 6) is 0.450. The number of phenolic OH excluding ortho intramolecular Hbond substituents is 1. The van der Waals surface area contributed by atoms with Crippen molar-refractivity contribution in [1.82, 2.24) is 14.8 Å². The van der Waals surface area contributed by atoms with Gasteiger partial charge in [-0.15, -0.1) is 0 Å². The van der Waals surface area contributed by atoms with Crippen molar-refractivity contribution in [3.05, 3.63) is 48.0 Å². The Labute approximate surface area is 180 Å². The summed E-state index contributed by atoms with van der Waals surface area (Å²) in [7, 11) is 0. The molecule has 31 heavy (non-hydrogen) atoms. The van der Waals surface area contributed by atoms with Crippen LogP contribution in [0.1, 0.15) is 31.1 Å². The molecule has 0 unspecified atom stereocenters. The molecule has 2 amide bonds. The van der Waals surface area contributed by atoms with Gasteiger partial charge in [0.15, 0.2) is 5.58 Å². The average molecular weight is 423 g/mol. The third kappa shape index (κ3) is 4.63. The molecule has 1 aliphatic heterocycles. The number of fused-ring (bicyclic) bond motifs is 1. The Morgan fingerprint density at radius 2 is 1.65 bits per heavy atom. The van der Waals surface area contributed by atoms with Gasteiger partial charge in [0.25, 0.3) is 5.91 Å². The predicted octanol–water partition coefficient (Wildman–Crippen LogP) is 3.89. The molecule has 1 aromatic heterocycles. The number of aromatic nitrogens is 1. The van der Waals surface area contributed by atoms with Gasteiger partial charge in [-0.1, -0.05) is 0 Å². The first-order valence-corrected chi connectivity index (χ1v) is 10.2. The van der Waals surface area contributed by atoms with Gasteiger partial charge in [-0.25, -0.2) is 9.78 Å². The highest BCUT2D eigenvalue weighted by atomic mass is 16.6. The molecule has 8 heteroatoms. The first-order chi connectivity index (χ1) is 14.7. The molecule has 8 nitrogen and oxygen atoms in total. The van der Waals surface area contributed by atoms with Gasteiger partial charge in [-0.05, 0) is 57.2 Å². The van der Waals surface area contributed by atoms with Crippen molar-refractivity contribution in [1.29, 1.82) is 0 Å². The Bertz CT molecular complexity index is 1110. The van der Waals surface area contributed by atoms with E-state index in [1.54, 1.807) is 46.2 Å². The average Bonchev–Trinajstić information content (AvgIpc) is 3.15. The van der Waals surface area contributed by atoms with Crippen molar-refractivity contribution in [2.45, 2.75) is 26.4 Å². The van der Waals surface area contributed by atoms with Gasteiger partial charge in [-0.2, -0.15) is 0 Å². The van der Waals surface area contributed by atoms with E-state index in [2.05, 4.69) is 4.98 Å². The second-order valence-corrected chi connectivity index (χ2v) is 8.51. The number of rotatable bonds is 2. The molecule has 0 spiro atoms. The molecular weight excluding hydrogens is 398 g/mol. The van der Waals surface area contributed by atoms with E-state index in [-0.39, 0.29) is 17.7 Å². The number of carbonyl (C=O) groups excluding carboxylic acids is 2. The first kappa shape index (κ1) is 20.7. The standard InChI is InChI=1S/C23H25N3O5/c1-23(2,3)31-22(29)26-12-10-25(11-13-26)21(28)16-6-4-15(5-7-16)20-24-18-9-8-17(27)14-19(18)30-20/h4-9,14,27H,10-13H2,1-3H3. The van der Waals surface area contributed by atoms with Gasteiger partial charge < -0.3 is 24.1 Å². The van der Waals surface area contributed by atoms with Crippen LogP contribution in [0.15, 0.2) is 46.9 Å². The van der Waals surface area contributed by atoms with Crippen LogP contribution in [0.3, 0.4) is 0 Å². The van der Waals surface area contributed by atoms with Gasteiger partial charge in [-0.3, -0.25) is 4.79 Å². The summed E-state index contributed by atoms with van der Waals surface area (Å²) in [6.07, 6.45) is -0.351. The molecule has 0 aliphatic carbocycles. The number of phenols is 1. The van der Waals surface area contributed by atoms with Crippen LogP contribution in [0, 0.1) is 0 Å². The number of hydrogen-bond donors (Lipinski definition) is 1. The van der Waals surface area contributed by atoms with E-state index in [1.165, 1.54) is 6.07 Å². The zero-order valence-electron chi connectivity index (χ0n) is 17.8. The van der Waals surface area contributed by atoms with Crippen molar-refractivity contribution in [2.24, 2.45) is 0 Å². The summed E-state index contributed by atoms with van der Waals surface area (Å²) in [6.45, 7) is 7.28. The van der Waals surface area contributed by atoms with Crippen LogP contribution >= 0.6 is 0 Å². The van der Waals surface area contributed by atoms with E-state index >= 15 is 0 Å². The number of benzene rings is 2. The summed E-state index contributed by atoms with van der Waals surface area (Å²) < 4.78 is 11.1. The van der Waals surface area contributed by atoms with E-state index in [0.29, 0.717) is 48.7 Å². The molecule has 0 radical (unpaired) electrons. The van der Waals surface area contributed by atoms with Crippen LogP contribution < -0.4 is 0 Å². The number of aromatic hydroxyl groups is 1. The third-order valence-corrected chi connectivity index (χ3v) is 4.97. The summed E-state index contributed by atoms with van der Waals surface area (Å²) in [5.41, 5.74) is 1.90. The van der Waals surface area contributed by atoms with Crippen LogP contribution in [-0.2, 0) is 4.74 Å². The van der Waals surface area contributed by atoms with Gasteiger partial charge >= 0.3 is 6.09 Å². The molecule has 2 aromatic carbocycles. The number of hydrogen-bond acceptors (Lipinski definition) is 6. The van der Waals surface area contributed by atoms with Crippen molar-refractivity contribution in [3.8, 4) is 17.2 Å². The number of carbonyl (C=O) groups is 2. The number of amides is 2. The first-order valence-electron chi connectivity index (χ1n) is 10.2. The molecule has 1 aliphatic rings. The molecule has 162 valence electrons. The quantitative estimate of drug-likeness (QED) is 0.672. The van der Waals surface area contributed by atoms with Crippen molar-refractivity contribution in [3.63, 3.8) is 0 Å². The van der Waals surface area contributed by atoms with Crippen LogP contribution in [0.5, 0.6) is 5.75 Å². The summed E-state index contributed by atoms with van der Waals surface area (Å²) >= 11 is 0. The zero-order valence-corrected chi connectivity index (χ0v) is 17.8. The van der Waals surface area contributed by atoms with Crippen LogP contribution in [0.2, 0.25) is 0 Å². The molecule has 3 aromatic rings. The number of ether oxygens (including phenoxy) is 1. The molecule has 1 fully saturated rings. The Morgan fingerprint density at radius 1 is 1.00 bits per heavy atom. The van der Waals surface area contributed by atoms with Crippen LogP contribution in [0.25, 0.3) is 22.6 Å². The molecule has 0 bridgehead atoms. The molecule has 1 N–H and O–H groups in total. The fourth-order valence-electron chi connectivity index (χ4n) is 3.39. The summed E-state index contributed by atoms with van der Waals surface area (Å²) in [4.78, 5) is 32.8. The summed E-state index contributed by atoms with van der Waals surface area (Å²) in [5, 5.41) is 9.57. The van der Waals surface area contributed by atoms with Crippen LogP contribution in [-0.4, -0.2) is 63.7 Å². The molecule has 4 rings (SSSR count). The fraction of sp³-hybridized carbons (Fsp3) is 0.348. The number of nitrogens with zero attached hydrogens (tertiary/aromatic N) is 3. The monoisotopic (exact) mass is 423 g/mol. The summed E-state index contributed by atoms with van der Waals surface area (Å²) in [6, 6.07) is 11.8. The smallest absolute Gasteiger partial charge is 0.410 e. The second kappa shape index (κ2) is 7.94. The highest BCUT2D eigenvalue weighted by molar-refractivity contribution is 5.95. The largest absolute Gasteiger partial charge is 0.508 e. The minimum Gasteiger partial charge on any atom is -0.508 e. The van der Waals surface area contributed by atoms with Gasteiger partial charge in [0, 0.05) is 43.4 Å². The lowest BCUT2D eigenvalue weighted by Gasteiger charge is -2.35. The predicted molar refractivity (Wildman–Crippen MR) is 115 cm³/mol. The Morgan fingerprint density at radius 3 is 2.29 bits per heavy atom. The SMILES string of the molecule is CC(C)(C)OC(=O)N1CCN(C(=O)c2ccc(-c3nc4ccc(O)cc4o3)cc2)CC1. The second-order valence-electron chi connectivity index (χ2n) is 8.51. The van der Waals surface area contributed by atoms with Crippen molar-refractivity contribution in [2.75, 3.05) is 26.2 Å². The van der Waals surface area contributed by atoms with Crippen molar-refractivity contribution < 1.29 is 23.8 Å². The molecule has 0 saturated carbocycles. The fourth-order valence-corrected chi connectivity index (χ4v) is 3.39. The highest BCUT2D eigenvalue weighted by Gasteiger charge is 2.28. The van der Waals surface area contributed by atoms with Gasteiger partial charge in [0.1, 0.15) is 16.9 Å². The molecular formula is C23H25N3O5. The Hall–Kier alpha value is -3.55. The highest BCUT2D eigenvalue weighted by Crippen LogP contribution is 2.27. The molecule has 2 heterocycles. The number of oxazole rings is 1. The maximum absolute atomic E-state index is 12.9. The lowest BCUT2D eigenvalue weighted by Crippen LogP contribution is -2.51. The normalized spacial score (nSPS) is 14.7. The van der Waals surface area contributed by atoms with E-state index in [4.69, 9.17) is 9.15 Å². The van der Waals surface area contributed by atoms with E-state index in [0.717, 1.165) is 5.56 Å². The minimum absolute atomic E-state index is 0.0853. The minimum atomic E-state index is -0.541. The lowest BCUT2D eigenvalue weighted by molar-refractivity contribution is 0.0141. The van der Waals surface area contributed by atoms with Gasteiger partial charge in [0.05, 0.1) is 0 Å². The van der Waals surface area contributed by atoms with Crippen molar-refractivity contribution >= 4 is 23.1 Å².